The third-order valence-corrected chi connectivity index (χ3v) is 10.1. The zero-order valence-corrected chi connectivity index (χ0v) is 34.2. The molecule has 6 atom stereocenters. The molecule has 0 saturated heterocycles. The van der Waals surface area contributed by atoms with Gasteiger partial charge in [0.2, 0.25) is 5.91 Å². The highest BCUT2D eigenvalue weighted by Gasteiger charge is 2.32. The van der Waals surface area contributed by atoms with Crippen molar-refractivity contribution in [3.05, 3.63) is 83.9 Å². The monoisotopic (exact) mass is 821 g/mol. The van der Waals surface area contributed by atoms with Crippen LogP contribution in [-0.2, 0) is 36.8 Å². The zero-order chi connectivity index (χ0) is 43.1. The Balaban J connectivity index is 0.000000318. The molecule has 4 aromatic rings. The number of carbonyl (C=O) groups is 5. The second-order valence-corrected chi connectivity index (χ2v) is 16.3. The molecule has 1 aromatic heterocycles. The topological polar surface area (TPSA) is 247 Å². The molecular weight excluding hydrogens is 767 g/mol. The van der Waals surface area contributed by atoms with Crippen molar-refractivity contribution in [1.29, 1.82) is 0 Å². The standard InChI is InChI=1S/C24H28N2O5S.C19H27NO6/c1-14(2)11-16(23(29)30)13-20(27)22(28)18(25)12-15-7-9-17(10-8-15)31-24-26-19-5-3-4-6-21(19)32-24;1-11(2)8-14(19(25)26)10-17(23)18(24)16(20-12(3)21)9-13-4-6-15(22)7-5-13/h3-10,14,16,18,22,28H,11-13,25H2,1-2H3,(H,29,30);4-7,11,14,16,18,22,24H,8-10H2,1-3H3,(H,20,21)(H,25,26)/t16-,18-,22+;14-,16-,18+/m11/s1. The second-order valence-electron chi connectivity index (χ2n) is 15.3. The number of carbonyl (C=O) groups excluding carboxylic acids is 3. The van der Waals surface area contributed by atoms with Crippen LogP contribution < -0.4 is 15.8 Å². The third-order valence-electron chi connectivity index (χ3n) is 9.21. The van der Waals surface area contributed by atoms with Gasteiger partial charge in [-0.2, -0.15) is 0 Å². The maximum absolute atomic E-state index is 12.4. The van der Waals surface area contributed by atoms with E-state index >= 15 is 0 Å². The number of Topliss-reactive ketones (excluding diaryl/α,β-unsaturated/α-hetero) is 2. The van der Waals surface area contributed by atoms with Crippen molar-refractivity contribution in [1.82, 2.24) is 10.3 Å². The van der Waals surface area contributed by atoms with E-state index in [0.29, 0.717) is 29.3 Å². The lowest BCUT2D eigenvalue weighted by atomic mass is 9.89. The molecule has 3 aromatic carbocycles. The van der Waals surface area contributed by atoms with Crippen LogP contribution in [0.2, 0.25) is 0 Å². The number of nitrogens with zero attached hydrogens (tertiary/aromatic N) is 1. The molecule has 0 saturated carbocycles. The number of para-hydroxylation sites is 1. The molecule has 0 unspecified atom stereocenters. The number of nitrogens with two attached hydrogens (primary N) is 1. The fourth-order valence-corrected chi connectivity index (χ4v) is 7.17. The number of nitrogens with one attached hydrogen (secondary N) is 1. The summed E-state index contributed by atoms with van der Waals surface area (Å²) in [7, 11) is 0. The summed E-state index contributed by atoms with van der Waals surface area (Å²) in [4.78, 5) is 63.4. The summed E-state index contributed by atoms with van der Waals surface area (Å²) in [5.74, 6) is -4.41. The fourth-order valence-electron chi connectivity index (χ4n) is 6.33. The van der Waals surface area contributed by atoms with Crippen molar-refractivity contribution in [2.24, 2.45) is 29.4 Å². The van der Waals surface area contributed by atoms with Crippen LogP contribution in [-0.4, -0.2) is 84.2 Å². The van der Waals surface area contributed by atoms with E-state index in [0.717, 1.165) is 15.8 Å². The van der Waals surface area contributed by atoms with E-state index in [1.165, 1.54) is 30.4 Å². The van der Waals surface area contributed by atoms with Gasteiger partial charge in [-0.3, -0.25) is 24.0 Å². The number of rotatable bonds is 21. The van der Waals surface area contributed by atoms with Gasteiger partial charge in [0.1, 0.15) is 23.7 Å². The Hall–Kier alpha value is -5.22. The molecule has 0 aliphatic heterocycles. The van der Waals surface area contributed by atoms with Crippen molar-refractivity contribution in [3.8, 4) is 16.7 Å². The molecule has 8 N–H and O–H groups in total. The molecule has 14 nitrogen and oxygen atoms in total. The van der Waals surface area contributed by atoms with E-state index < -0.39 is 65.5 Å². The number of carboxylic acids is 2. The Morgan fingerprint density at radius 2 is 1.24 bits per heavy atom. The van der Waals surface area contributed by atoms with Crippen LogP contribution in [0.3, 0.4) is 0 Å². The quantitative estimate of drug-likeness (QED) is 0.0547. The van der Waals surface area contributed by atoms with Crippen LogP contribution >= 0.6 is 11.3 Å². The first-order valence-electron chi connectivity index (χ1n) is 19.1. The number of thiazole rings is 1. The molecule has 0 bridgehead atoms. The van der Waals surface area contributed by atoms with Crippen molar-refractivity contribution in [3.63, 3.8) is 0 Å². The van der Waals surface area contributed by atoms with Crippen molar-refractivity contribution in [2.75, 3.05) is 0 Å². The number of fused-ring (bicyclic) bond motifs is 1. The minimum absolute atomic E-state index is 0.0828. The first kappa shape index (κ1) is 47.2. The number of ether oxygens (including phenoxy) is 1. The minimum atomic E-state index is -1.51. The fraction of sp³-hybridized carbons (Fsp3) is 0.442. The van der Waals surface area contributed by atoms with E-state index in [9.17, 15) is 49.5 Å². The summed E-state index contributed by atoms with van der Waals surface area (Å²) in [6.07, 6.45) is -2.29. The molecule has 4 rings (SSSR count). The molecule has 1 amide bonds. The molecule has 1 heterocycles. The smallest absolute Gasteiger partial charge is 0.306 e. The van der Waals surface area contributed by atoms with Gasteiger partial charge in [0.15, 0.2) is 11.6 Å². The number of hydrogen-bond acceptors (Lipinski definition) is 12. The summed E-state index contributed by atoms with van der Waals surface area (Å²) in [5, 5.41) is 51.7. The molecule has 15 heteroatoms. The normalized spacial score (nSPS) is 14.4. The van der Waals surface area contributed by atoms with Gasteiger partial charge in [-0.1, -0.05) is 75.4 Å². The van der Waals surface area contributed by atoms with Gasteiger partial charge in [0, 0.05) is 25.8 Å². The Bertz CT molecular complexity index is 1930. The molecule has 0 aliphatic carbocycles. The van der Waals surface area contributed by atoms with E-state index in [4.69, 9.17) is 10.5 Å². The first-order valence-corrected chi connectivity index (χ1v) is 19.9. The van der Waals surface area contributed by atoms with Gasteiger partial charge >= 0.3 is 11.9 Å². The van der Waals surface area contributed by atoms with Gasteiger partial charge in [-0.15, -0.1) is 0 Å². The Morgan fingerprint density at radius 3 is 1.74 bits per heavy atom. The Labute approximate surface area is 342 Å². The number of phenols is 1. The highest BCUT2D eigenvalue weighted by atomic mass is 32.1. The molecule has 58 heavy (non-hydrogen) atoms. The lowest BCUT2D eigenvalue weighted by Gasteiger charge is -2.24. The predicted octanol–water partition coefficient (Wildman–Crippen LogP) is 5.53. The Morgan fingerprint density at radius 1 is 0.741 bits per heavy atom. The van der Waals surface area contributed by atoms with E-state index in [-0.39, 0.29) is 43.3 Å². The van der Waals surface area contributed by atoms with Crippen LogP contribution in [0.1, 0.15) is 71.4 Å². The number of ketones is 2. The highest BCUT2D eigenvalue weighted by Crippen LogP contribution is 2.31. The summed E-state index contributed by atoms with van der Waals surface area (Å²) in [6.45, 7) is 8.79. The number of phenolic OH excluding ortho intramolecular Hbond substituents is 1. The number of aliphatic hydroxyl groups excluding tert-OH is 2. The summed E-state index contributed by atoms with van der Waals surface area (Å²) in [5.41, 5.74) is 8.48. The van der Waals surface area contributed by atoms with Crippen LogP contribution in [0.25, 0.3) is 10.2 Å². The van der Waals surface area contributed by atoms with Crippen molar-refractivity contribution >= 4 is 51.0 Å². The van der Waals surface area contributed by atoms with Crippen LogP contribution in [0, 0.1) is 23.7 Å². The zero-order valence-electron chi connectivity index (χ0n) is 33.4. The van der Waals surface area contributed by atoms with Crippen LogP contribution in [0.5, 0.6) is 16.7 Å². The average Bonchev–Trinajstić information content (AvgIpc) is 3.57. The summed E-state index contributed by atoms with van der Waals surface area (Å²) < 4.78 is 6.87. The SMILES string of the molecule is CC(=O)N[C@H](Cc1ccc(O)cc1)[C@H](O)C(=O)C[C@@H](CC(C)C)C(=O)O.CC(C)C[C@H](CC(=O)[C@@H](O)[C@H](N)Cc1ccc(Oc2nc3ccccc3s2)cc1)C(=O)O. The average molecular weight is 822 g/mol. The van der Waals surface area contributed by atoms with E-state index in [1.54, 1.807) is 24.3 Å². The number of carboxylic acid groups (broad SMARTS) is 2. The van der Waals surface area contributed by atoms with Gasteiger partial charge < -0.3 is 41.3 Å². The van der Waals surface area contributed by atoms with Gasteiger partial charge in [-0.05, 0) is 85.0 Å². The maximum atomic E-state index is 12.4. The second kappa shape index (κ2) is 22.6. The largest absolute Gasteiger partial charge is 0.508 e. The number of amides is 1. The Kier molecular flexibility index (Phi) is 18.4. The number of hydrogen-bond donors (Lipinski definition) is 7. The molecule has 314 valence electrons. The van der Waals surface area contributed by atoms with Gasteiger partial charge in [0.25, 0.3) is 5.19 Å². The van der Waals surface area contributed by atoms with Crippen LogP contribution in [0.15, 0.2) is 72.8 Å². The van der Waals surface area contributed by atoms with E-state index in [2.05, 4.69) is 10.3 Å². The first-order chi connectivity index (χ1) is 27.3. The van der Waals surface area contributed by atoms with Crippen molar-refractivity contribution < 1.29 is 54.2 Å². The number of benzene rings is 3. The highest BCUT2D eigenvalue weighted by molar-refractivity contribution is 7.20. The molecule has 0 fully saturated rings. The van der Waals surface area contributed by atoms with Gasteiger partial charge in [0.05, 0.1) is 28.1 Å². The molecule has 0 radical (unpaired) electrons. The van der Waals surface area contributed by atoms with E-state index in [1.807, 2.05) is 64.1 Å². The number of aromatic hydroxyl groups is 1. The summed E-state index contributed by atoms with van der Waals surface area (Å²) >= 11 is 1.46. The lowest BCUT2D eigenvalue weighted by Crippen LogP contribution is -2.48. The number of aliphatic hydroxyl groups is 2. The van der Waals surface area contributed by atoms with Crippen molar-refractivity contribution in [2.45, 2.75) is 97.4 Å². The third kappa shape index (κ3) is 15.6. The van der Waals surface area contributed by atoms with Gasteiger partial charge in [-0.25, -0.2) is 4.98 Å². The number of aliphatic carboxylic acids is 2. The summed E-state index contributed by atoms with van der Waals surface area (Å²) in [6, 6.07) is 19.5. The minimum Gasteiger partial charge on any atom is -0.508 e. The number of aromatic nitrogens is 1. The molecule has 0 aliphatic rings. The maximum Gasteiger partial charge on any atom is 0.306 e. The lowest BCUT2D eigenvalue weighted by molar-refractivity contribution is -0.146. The van der Waals surface area contributed by atoms with Crippen LogP contribution in [0.4, 0.5) is 0 Å². The predicted molar refractivity (Wildman–Crippen MR) is 220 cm³/mol. The molecular formula is C43H55N3O11S. The molecule has 0 spiro atoms.